The van der Waals surface area contributed by atoms with Crippen LogP contribution in [-0.2, 0) is 6.42 Å². The maximum absolute atomic E-state index is 8.91. The van der Waals surface area contributed by atoms with Gasteiger partial charge in [-0.25, -0.2) is 0 Å². The zero-order chi connectivity index (χ0) is 10.3. The van der Waals surface area contributed by atoms with Crippen molar-refractivity contribution in [3.63, 3.8) is 0 Å². The summed E-state index contributed by atoms with van der Waals surface area (Å²) in [6, 6.07) is 0. The Bertz CT molecular complexity index is 396. The first kappa shape index (κ1) is 9.71. The van der Waals surface area contributed by atoms with Crippen molar-refractivity contribution in [3.05, 3.63) is 15.9 Å². The van der Waals surface area contributed by atoms with Crippen molar-refractivity contribution < 1.29 is 9.73 Å². The topological polar surface area (TPSA) is 58.6 Å². The fourth-order valence-electron chi connectivity index (χ4n) is 1.83. The van der Waals surface area contributed by atoms with E-state index in [1.807, 2.05) is 0 Å². The van der Waals surface area contributed by atoms with Crippen LogP contribution in [0.2, 0.25) is 0 Å². The highest BCUT2D eigenvalue weighted by Crippen LogP contribution is 2.37. The number of halogens is 1. The smallest absolute Gasteiger partial charge is 0.158 e. The van der Waals surface area contributed by atoms with Gasteiger partial charge in [0.25, 0.3) is 0 Å². The molecule has 0 radical (unpaired) electrons. The number of fused-ring (bicyclic) bond motifs is 1. The van der Waals surface area contributed by atoms with Gasteiger partial charge in [-0.3, -0.25) is 0 Å². The summed E-state index contributed by atoms with van der Waals surface area (Å²) in [5.41, 5.74) is 1.52. The van der Waals surface area contributed by atoms with Gasteiger partial charge in [0.15, 0.2) is 4.60 Å². The number of hydrogen-bond acceptors (Lipinski definition) is 4. The van der Waals surface area contributed by atoms with Crippen LogP contribution < -0.4 is 0 Å². The summed E-state index contributed by atoms with van der Waals surface area (Å²) < 4.78 is 5.79. The summed E-state index contributed by atoms with van der Waals surface area (Å²) in [5, 5.41) is 16.0. The molecule has 4 nitrogen and oxygen atoms in total. The van der Waals surface area contributed by atoms with E-state index in [2.05, 4.69) is 40.1 Å². The van der Waals surface area contributed by atoms with Crippen LogP contribution in [0.5, 0.6) is 0 Å². The Kier molecular flexibility index (Phi) is 2.14. The summed E-state index contributed by atoms with van der Waals surface area (Å²) in [6.45, 7) is 4.22. The quantitative estimate of drug-likeness (QED) is 0.575. The van der Waals surface area contributed by atoms with Crippen LogP contribution in [0.1, 0.15) is 31.6 Å². The predicted octanol–water partition coefficient (Wildman–Crippen LogP) is 2.59. The van der Waals surface area contributed by atoms with E-state index in [0.29, 0.717) is 10.3 Å². The van der Waals surface area contributed by atoms with Crippen LogP contribution in [0, 0.1) is 5.41 Å². The van der Waals surface area contributed by atoms with Crippen molar-refractivity contribution in [2.75, 3.05) is 0 Å². The van der Waals surface area contributed by atoms with Crippen LogP contribution >= 0.6 is 15.9 Å². The maximum atomic E-state index is 8.91. The molecule has 76 valence electrons. The number of hydrogen-bond donors (Lipinski definition) is 1. The highest BCUT2D eigenvalue weighted by atomic mass is 79.9. The third-order valence-corrected chi connectivity index (χ3v) is 2.96. The first-order chi connectivity index (χ1) is 6.53. The van der Waals surface area contributed by atoms with Crippen LogP contribution in [0.3, 0.4) is 0 Å². The molecular formula is C9H11BrN2O2. The monoisotopic (exact) mass is 258 g/mol. The third kappa shape index (κ3) is 1.45. The van der Waals surface area contributed by atoms with Crippen LogP contribution in [0.15, 0.2) is 14.3 Å². The average Bonchev–Trinajstić information content (AvgIpc) is 2.44. The maximum Gasteiger partial charge on any atom is 0.158 e. The molecule has 14 heavy (non-hydrogen) atoms. The van der Waals surface area contributed by atoms with E-state index in [1.165, 1.54) is 0 Å². The lowest BCUT2D eigenvalue weighted by molar-refractivity contribution is 0.285. The molecular weight excluding hydrogens is 248 g/mol. The standard InChI is InChI=1S/C9H11BrN2O2/c1-9(2)3-5(11-13)7-6(4-9)14-12-8(7)10/h13H,3-4H2,1-2H3/b11-5+. The Morgan fingerprint density at radius 2 is 2.21 bits per heavy atom. The molecule has 0 aromatic carbocycles. The third-order valence-electron chi connectivity index (χ3n) is 2.42. The van der Waals surface area contributed by atoms with E-state index in [9.17, 15) is 0 Å². The van der Waals surface area contributed by atoms with Gasteiger partial charge in [0, 0.05) is 6.42 Å². The molecule has 0 fully saturated rings. The minimum atomic E-state index is 0.0630. The van der Waals surface area contributed by atoms with Crippen LogP contribution in [0.25, 0.3) is 0 Å². The number of aromatic nitrogens is 1. The molecule has 0 aliphatic heterocycles. The summed E-state index contributed by atoms with van der Waals surface area (Å²) >= 11 is 3.27. The zero-order valence-corrected chi connectivity index (χ0v) is 9.63. The van der Waals surface area contributed by atoms with Gasteiger partial charge in [0.1, 0.15) is 5.76 Å². The molecule has 1 aromatic rings. The Morgan fingerprint density at radius 3 is 2.86 bits per heavy atom. The van der Waals surface area contributed by atoms with Crippen molar-refractivity contribution in [1.29, 1.82) is 0 Å². The second-order valence-electron chi connectivity index (χ2n) is 4.34. The Hall–Kier alpha value is -0.840. The molecule has 0 bridgehead atoms. The van der Waals surface area contributed by atoms with Crippen molar-refractivity contribution in [1.82, 2.24) is 5.16 Å². The predicted molar refractivity (Wildman–Crippen MR) is 54.6 cm³/mol. The van der Waals surface area contributed by atoms with E-state index in [0.717, 1.165) is 24.2 Å². The normalized spacial score (nSPS) is 22.4. The SMILES string of the molecule is CC1(C)C/C(=N\O)c2c(Br)noc2C1. The molecule has 1 aromatic heterocycles. The molecule has 5 heteroatoms. The molecule has 1 N–H and O–H groups in total. The Balaban J connectivity index is 2.54. The van der Waals surface area contributed by atoms with Gasteiger partial charge in [-0.1, -0.05) is 24.2 Å². The van der Waals surface area contributed by atoms with E-state index in [4.69, 9.17) is 9.73 Å². The molecule has 2 rings (SSSR count). The minimum Gasteiger partial charge on any atom is -0.411 e. The first-order valence-corrected chi connectivity index (χ1v) is 5.18. The summed E-state index contributed by atoms with van der Waals surface area (Å²) in [5.74, 6) is 0.793. The van der Waals surface area contributed by atoms with E-state index < -0.39 is 0 Å². The second kappa shape index (κ2) is 3.08. The van der Waals surface area contributed by atoms with Crippen molar-refractivity contribution in [2.24, 2.45) is 10.6 Å². The van der Waals surface area contributed by atoms with Gasteiger partial charge >= 0.3 is 0 Å². The summed E-state index contributed by atoms with van der Waals surface area (Å²) in [4.78, 5) is 0. The fourth-order valence-corrected chi connectivity index (χ4v) is 2.35. The molecule has 0 amide bonds. The highest BCUT2D eigenvalue weighted by Gasteiger charge is 2.34. The molecule has 0 saturated carbocycles. The van der Waals surface area contributed by atoms with Gasteiger partial charge in [-0.2, -0.15) is 0 Å². The van der Waals surface area contributed by atoms with E-state index >= 15 is 0 Å². The van der Waals surface area contributed by atoms with Crippen molar-refractivity contribution in [3.8, 4) is 0 Å². The Labute approximate surface area is 90.1 Å². The van der Waals surface area contributed by atoms with Crippen LogP contribution in [-0.4, -0.2) is 16.1 Å². The van der Waals surface area contributed by atoms with E-state index in [1.54, 1.807) is 0 Å². The van der Waals surface area contributed by atoms with Gasteiger partial charge in [-0.15, -0.1) is 0 Å². The van der Waals surface area contributed by atoms with E-state index in [-0.39, 0.29) is 5.41 Å². The molecule has 0 atom stereocenters. The second-order valence-corrected chi connectivity index (χ2v) is 5.09. The van der Waals surface area contributed by atoms with Gasteiger partial charge < -0.3 is 9.73 Å². The number of oxime groups is 1. The molecule has 0 spiro atoms. The van der Waals surface area contributed by atoms with Gasteiger partial charge in [-0.05, 0) is 27.8 Å². The minimum absolute atomic E-state index is 0.0630. The molecule has 0 saturated heterocycles. The largest absolute Gasteiger partial charge is 0.411 e. The summed E-state index contributed by atoms with van der Waals surface area (Å²) in [7, 11) is 0. The number of nitrogens with zero attached hydrogens (tertiary/aromatic N) is 2. The van der Waals surface area contributed by atoms with Crippen molar-refractivity contribution >= 4 is 21.6 Å². The van der Waals surface area contributed by atoms with Crippen molar-refractivity contribution in [2.45, 2.75) is 26.7 Å². The lowest BCUT2D eigenvalue weighted by Gasteiger charge is -2.27. The molecule has 1 aliphatic rings. The molecule has 1 aliphatic carbocycles. The van der Waals surface area contributed by atoms with Gasteiger partial charge in [0.05, 0.1) is 11.3 Å². The average molecular weight is 259 g/mol. The lowest BCUT2D eigenvalue weighted by atomic mass is 9.76. The first-order valence-electron chi connectivity index (χ1n) is 4.39. The fraction of sp³-hybridized carbons (Fsp3) is 0.556. The Morgan fingerprint density at radius 1 is 1.50 bits per heavy atom. The molecule has 1 heterocycles. The summed E-state index contributed by atoms with van der Waals surface area (Å²) in [6.07, 6.45) is 1.55. The molecule has 0 unspecified atom stereocenters. The van der Waals surface area contributed by atoms with Crippen LogP contribution in [0.4, 0.5) is 0 Å². The number of rotatable bonds is 0. The zero-order valence-electron chi connectivity index (χ0n) is 8.04. The van der Waals surface area contributed by atoms with Gasteiger partial charge in [0.2, 0.25) is 0 Å². The highest BCUT2D eigenvalue weighted by molar-refractivity contribution is 9.10. The lowest BCUT2D eigenvalue weighted by Crippen LogP contribution is -2.26.